The molecule has 1 atom stereocenters. The Morgan fingerprint density at radius 3 is 2.62 bits per heavy atom. The third-order valence-corrected chi connectivity index (χ3v) is 1.54. The Balaban J connectivity index is 3.46. The molecule has 0 heterocycles. The van der Waals surface area contributed by atoms with Gasteiger partial charge in [0.25, 0.3) is 0 Å². The maximum absolute atomic E-state index is 10.4. The van der Waals surface area contributed by atoms with Crippen LogP contribution in [-0.2, 0) is 9.53 Å². The molecule has 0 aromatic heterocycles. The van der Waals surface area contributed by atoms with E-state index in [2.05, 4.69) is 17.4 Å². The predicted octanol–water partition coefficient (Wildman–Crippen LogP) is 0.697. The van der Waals surface area contributed by atoms with Crippen molar-refractivity contribution in [3.05, 3.63) is 0 Å². The molecule has 0 aromatic rings. The maximum Gasteiger partial charge on any atom is 0.319 e. The van der Waals surface area contributed by atoms with Crippen molar-refractivity contribution in [2.24, 2.45) is 0 Å². The summed E-state index contributed by atoms with van der Waals surface area (Å²) < 4.78 is 4.30. The van der Waals surface area contributed by atoms with Gasteiger partial charge in [0.2, 0.25) is 0 Å². The van der Waals surface area contributed by atoms with Gasteiger partial charge in [-0.25, -0.2) is 0 Å². The molecule has 0 fully saturated rings. The van der Waals surface area contributed by atoms with Gasteiger partial charge in [0.15, 0.2) is 0 Å². The number of methoxy groups -OCH3 is 1. The molecule has 0 aliphatic heterocycles. The Morgan fingerprint density at radius 2 is 2.50 bits per heavy atom. The normalized spacial score (nSPS) is 12.9. The molecule has 0 saturated carbocycles. The smallest absolute Gasteiger partial charge is 0.319 e. The molecule has 0 rings (SSSR count). The average molecular weight is 155 g/mol. The summed E-state index contributed by atoms with van der Waals surface area (Å²) in [5.41, 5.74) is 0. The molecule has 0 saturated heterocycles. The SMILES string of the molecule is COC(=O)C(S)CCl. The van der Waals surface area contributed by atoms with Gasteiger partial charge in [0.05, 0.1) is 7.11 Å². The van der Waals surface area contributed by atoms with Crippen LogP contribution in [0.15, 0.2) is 0 Å². The molecule has 8 heavy (non-hydrogen) atoms. The van der Waals surface area contributed by atoms with Gasteiger partial charge < -0.3 is 4.74 Å². The van der Waals surface area contributed by atoms with E-state index >= 15 is 0 Å². The molecule has 0 N–H and O–H groups in total. The fourth-order valence-electron chi connectivity index (χ4n) is 0.199. The first-order valence-corrected chi connectivity index (χ1v) is 3.09. The highest BCUT2D eigenvalue weighted by Crippen LogP contribution is 1.98. The van der Waals surface area contributed by atoms with Crippen LogP contribution in [-0.4, -0.2) is 24.2 Å². The van der Waals surface area contributed by atoms with Crippen LogP contribution in [0.5, 0.6) is 0 Å². The molecule has 1 unspecified atom stereocenters. The fourth-order valence-corrected chi connectivity index (χ4v) is 0.430. The Bertz CT molecular complexity index is 86.1. The molecular formula is C4H7ClO2S. The predicted molar refractivity (Wildman–Crippen MR) is 35.5 cm³/mol. The van der Waals surface area contributed by atoms with Crippen molar-refractivity contribution in [2.45, 2.75) is 5.25 Å². The van der Waals surface area contributed by atoms with Gasteiger partial charge >= 0.3 is 5.97 Å². The highest BCUT2D eigenvalue weighted by atomic mass is 35.5. The van der Waals surface area contributed by atoms with Crippen LogP contribution in [0.1, 0.15) is 0 Å². The van der Waals surface area contributed by atoms with Gasteiger partial charge in [-0.2, -0.15) is 12.6 Å². The van der Waals surface area contributed by atoms with Crippen molar-refractivity contribution in [1.29, 1.82) is 0 Å². The number of rotatable bonds is 2. The van der Waals surface area contributed by atoms with Crippen LogP contribution in [0, 0.1) is 0 Å². The Morgan fingerprint density at radius 1 is 2.00 bits per heavy atom. The molecule has 4 heteroatoms. The van der Waals surface area contributed by atoms with Crippen LogP contribution in [0.25, 0.3) is 0 Å². The molecular weight excluding hydrogens is 148 g/mol. The van der Waals surface area contributed by atoms with Gasteiger partial charge in [0, 0.05) is 5.88 Å². The summed E-state index contributed by atoms with van der Waals surface area (Å²) in [5, 5.41) is -0.485. The van der Waals surface area contributed by atoms with Crippen molar-refractivity contribution in [2.75, 3.05) is 13.0 Å². The van der Waals surface area contributed by atoms with Gasteiger partial charge in [-0.1, -0.05) is 0 Å². The summed E-state index contributed by atoms with van der Waals surface area (Å²) in [7, 11) is 1.30. The number of esters is 1. The zero-order valence-corrected chi connectivity index (χ0v) is 6.08. The Labute approximate surface area is 58.6 Å². The zero-order valence-electron chi connectivity index (χ0n) is 4.43. The second-order valence-electron chi connectivity index (χ2n) is 1.19. The van der Waals surface area contributed by atoms with E-state index in [0.717, 1.165) is 0 Å². The van der Waals surface area contributed by atoms with Crippen molar-refractivity contribution >= 4 is 30.2 Å². The van der Waals surface area contributed by atoms with Crippen molar-refractivity contribution < 1.29 is 9.53 Å². The molecule has 0 aromatic carbocycles. The van der Waals surface area contributed by atoms with Crippen LogP contribution in [0.4, 0.5) is 0 Å². The summed E-state index contributed by atoms with van der Waals surface area (Å²) in [6.07, 6.45) is 0. The lowest BCUT2D eigenvalue weighted by molar-refractivity contribution is -0.139. The first-order chi connectivity index (χ1) is 3.72. The average Bonchev–Trinajstić information content (AvgIpc) is 1.84. The van der Waals surface area contributed by atoms with E-state index in [1.54, 1.807) is 0 Å². The molecule has 0 aliphatic carbocycles. The first kappa shape index (κ1) is 8.11. The van der Waals surface area contributed by atoms with E-state index in [1.807, 2.05) is 0 Å². The van der Waals surface area contributed by atoms with Crippen LogP contribution in [0.2, 0.25) is 0 Å². The number of carbonyl (C=O) groups excluding carboxylic acids is 1. The van der Waals surface area contributed by atoms with Crippen molar-refractivity contribution in [3.8, 4) is 0 Å². The number of hydrogen-bond acceptors (Lipinski definition) is 3. The fraction of sp³-hybridized carbons (Fsp3) is 0.750. The van der Waals surface area contributed by atoms with Crippen LogP contribution < -0.4 is 0 Å². The highest BCUT2D eigenvalue weighted by Gasteiger charge is 2.10. The summed E-state index contributed by atoms with van der Waals surface area (Å²) in [4.78, 5) is 10.4. The number of thiol groups is 1. The molecule has 0 aliphatic rings. The minimum Gasteiger partial charge on any atom is -0.468 e. The lowest BCUT2D eigenvalue weighted by Crippen LogP contribution is -2.17. The molecule has 48 valence electrons. The molecule has 2 nitrogen and oxygen atoms in total. The van der Waals surface area contributed by atoms with Crippen molar-refractivity contribution in [3.63, 3.8) is 0 Å². The van der Waals surface area contributed by atoms with E-state index in [1.165, 1.54) is 7.11 Å². The van der Waals surface area contributed by atoms with Gasteiger partial charge in [-0.05, 0) is 0 Å². The topological polar surface area (TPSA) is 26.3 Å². The number of ether oxygens (including phenoxy) is 1. The second kappa shape index (κ2) is 4.04. The van der Waals surface area contributed by atoms with E-state index in [4.69, 9.17) is 11.6 Å². The molecule has 0 radical (unpaired) electrons. The van der Waals surface area contributed by atoms with Crippen LogP contribution in [0.3, 0.4) is 0 Å². The van der Waals surface area contributed by atoms with Gasteiger partial charge in [0.1, 0.15) is 5.25 Å². The second-order valence-corrected chi connectivity index (χ2v) is 2.13. The molecule has 0 spiro atoms. The van der Waals surface area contributed by atoms with E-state index in [0.29, 0.717) is 0 Å². The summed E-state index contributed by atoms with van der Waals surface area (Å²) in [6, 6.07) is 0. The molecule has 0 amide bonds. The summed E-state index contributed by atoms with van der Waals surface area (Å²) in [6.45, 7) is 0. The van der Waals surface area contributed by atoms with Crippen molar-refractivity contribution in [1.82, 2.24) is 0 Å². The Hall–Kier alpha value is 0.110. The minimum absolute atomic E-state index is 0.190. The lowest BCUT2D eigenvalue weighted by atomic mass is 10.5. The lowest BCUT2D eigenvalue weighted by Gasteiger charge is -2.00. The van der Waals surface area contributed by atoms with Gasteiger partial charge in [-0.15, -0.1) is 11.6 Å². The third kappa shape index (κ3) is 2.43. The van der Waals surface area contributed by atoms with E-state index in [9.17, 15) is 4.79 Å². The summed E-state index contributed by atoms with van der Waals surface area (Å²) >= 11 is 9.05. The summed E-state index contributed by atoms with van der Waals surface area (Å²) in [5.74, 6) is -0.196. The standard InChI is InChI=1S/C4H7ClO2S/c1-7-4(6)3(8)2-5/h3,8H,2H2,1H3. The van der Waals surface area contributed by atoms with E-state index in [-0.39, 0.29) is 11.8 Å². The van der Waals surface area contributed by atoms with Crippen LogP contribution >= 0.6 is 24.2 Å². The van der Waals surface area contributed by atoms with Gasteiger partial charge in [-0.3, -0.25) is 4.79 Å². The third-order valence-electron chi connectivity index (χ3n) is 0.619. The first-order valence-electron chi connectivity index (χ1n) is 2.04. The maximum atomic E-state index is 10.4. The quantitative estimate of drug-likeness (QED) is 0.360. The largest absolute Gasteiger partial charge is 0.468 e. The number of alkyl halides is 1. The number of carbonyl (C=O) groups is 1. The number of halogens is 1. The highest BCUT2D eigenvalue weighted by molar-refractivity contribution is 7.81. The molecule has 0 bridgehead atoms. The zero-order chi connectivity index (χ0) is 6.57. The minimum atomic E-state index is -0.485. The number of hydrogen-bond donors (Lipinski definition) is 1. The Kier molecular flexibility index (Phi) is 4.09. The monoisotopic (exact) mass is 154 g/mol. The van der Waals surface area contributed by atoms with E-state index < -0.39 is 5.25 Å².